The van der Waals surface area contributed by atoms with Gasteiger partial charge in [0.1, 0.15) is 12.4 Å². The second kappa shape index (κ2) is 6.86. The first-order valence-corrected chi connectivity index (χ1v) is 7.89. The second-order valence-corrected chi connectivity index (χ2v) is 6.25. The summed E-state index contributed by atoms with van der Waals surface area (Å²) in [6.45, 7) is 4.61. The fraction of sp³-hybridized carbons (Fsp3) is 0.429. The Bertz CT molecular complexity index is 667. The second-order valence-electron chi connectivity index (χ2n) is 4.78. The van der Waals surface area contributed by atoms with Crippen LogP contribution in [0.25, 0.3) is 11.0 Å². The molecular formula is C14H16Cl3N3O. The van der Waals surface area contributed by atoms with Crippen molar-refractivity contribution in [3.8, 4) is 0 Å². The minimum absolute atomic E-state index is 0.0826. The molecule has 2 aromatic rings. The topological polar surface area (TPSA) is 46.9 Å². The van der Waals surface area contributed by atoms with Crippen LogP contribution in [-0.2, 0) is 11.3 Å². The van der Waals surface area contributed by atoms with Crippen molar-refractivity contribution < 1.29 is 4.79 Å². The molecule has 2 rings (SSSR count). The van der Waals surface area contributed by atoms with Gasteiger partial charge in [0.2, 0.25) is 5.91 Å². The van der Waals surface area contributed by atoms with Crippen molar-refractivity contribution in [2.24, 2.45) is 0 Å². The number of imidazole rings is 1. The molecule has 0 saturated carbocycles. The fourth-order valence-electron chi connectivity index (χ4n) is 2.07. The molecule has 1 aromatic carbocycles. The number of carbonyl (C=O) groups excluding carboxylic acids is 1. The summed E-state index contributed by atoms with van der Waals surface area (Å²) < 4.78 is 1.78. The van der Waals surface area contributed by atoms with E-state index in [2.05, 4.69) is 10.3 Å². The summed E-state index contributed by atoms with van der Waals surface area (Å²) in [6, 6.07) is 3.39. The van der Waals surface area contributed by atoms with Gasteiger partial charge in [0, 0.05) is 6.54 Å². The molecule has 0 saturated heterocycles. The molecule has 0 radical (unpaired) electrons. The number of halogens is 3. The number of nitrogens with zero attached hydrogens (tertiary/aromatic N) is 2. The molecule has 1 aromatic heterocycles. The van der Waals surface area contributed by atoms with Crippen LogP contribution in [0, 0.1) is 0 Å². The molecule has 1 atom stereocenters. The summed E-state index contributed by atoms with van der Waals surface area (Å²) in [5.41, 5.74) is 1.42. The van der Waals surface area contributed by atoms with Crippen molar-refractivity contribution in [3.05, 3.63) is 28.0 Å². The van der Waals surface area contributed by atoms with Gasteiger partial charge in [-0.1, -0.05) is 30.1 Å². The monoisotopic (exact) mass is 347 g/mol. The normalized spacial score (nSPS) is 12.6. The Labute approximate surface area is 138 Å². The van der Waals surface area contributed by atoms with Crippen LogP contribution in [-0.4, -0.2) is 22.0 Å². The van der Waals surface area contributed by atoms with Crippen LogP contribution in [0.2, 0.25) is 10.0 Å². The smallest absolute Gasteiger partial charge is 0.240 e. The van der Waals surface area contributed by atoms with Crippen LogP contribution in [0.15, 0.2) is 12.1 Å². The number of alkyl halides is 1. The zero-order valence-corrected chi connectivity index (χ0v) is 14.1. The van der Waals surface area contributed by atoms with Gasteiger partial charge in [-0.05, 0) is 25.5 Å². The Hall–Kier alpha value is -0.970. The van der Waals surface area contributed by atoms with Gasteiger partial charge >= 0.3 is 0 Å². The number of hydrogen-bond acceptors (Lipinski definition) is 2. The first-order valence-electron chi connectivity index (χ1n) is 6.70. The Morgan fingerprint density at radius 2 is 2.05 bits per heavy atom. The standard InChI is InChI=1S/C14H16Cl3N3O/c1-3-4-18-13(21)7-20-12-6-10(17)9(16)5-11(12)19-14(20)8(2)15/h5-6,8H,3-4,7H2,1-2H3,(H,18,21). The van der Waals surface area contributed by atoms with Crippen molar-refractivity contribution in [1.29, 1.82) is 0 Å². The van der Waals surface area contributed by atoms with Crippen molar-refractivity contribution in [2.75, 3.05) is 6.54 Å². The van der Waals surface area contributed by atoms with Crippen molar-refractivity contribution in [2.45, 2.75) is 32.2 Å². The van der Waals surface area contributed by atoms with Crippen LogP contribution in [0.5, 0.6) is 0 Å². The minimum Gasteiger partial charge on any atom is -0.355 e. The van der Waals surface area contributed by atoms with E-state index in [9.17, 15) is 4.79 Å². The molecule has 114 valence electrons. The summed E-state index contributed by atoms with van der Waals surface area (Å²) in [4.78, 5) is 16.4. The van der Waals surface area contributed by atoms with Gasteiger partial charge in [0.05, 0.1) is 26.5 Å². The molecule has 0 aliphatic rings. The van der Waals surface area contributed by atoms with Gasteiger partial charge in [-0.3, -0.25) is 4.79 Å². The number of carbonyl (C=O) groups is 1. The van der Waals surface area contributed by atoms with E-state index in [1.54, 1.807) is 16.7 Å². The molecule has 0 fully saturated rings. The number of fused-ring (bicyclic) bond motifs is 1. The van der Waals surface area contributed by atoms with E-state index >= 15 is 0 Å². The van der Waals surface area contributed by atoms with Crippen LogP contribution in [0.4, 0.5) is 0 Å². The zero-order valence-electron chi connectivity index (χ0n) is 11.8. The summed E-state index contributed by atoms with van der Waals surface area (Å²) in [7, 11) is 0. The highest BCUT2D eigenvalue weighted by molar-refractivity contribution is 6.42. The summed E-state index contributed by atoms with van der Waals surface area (Å²) >= 11 is 18.2. The van der Waals surface area contributed by atoms with Gasteiger partial charge in [-0.15, -0.1) is 11.6 Å². The molecule has 4 nitrogen and oxygen atoms in total. The lowest BCUT2D eigenvalue weighted by Crippen LogP contribution is -2.28. The Morgan fingerprint density at radius 1 is 1.38 bits per heavy atom. The average Bonchev–Trinajstić information content (AvgIpc) is 2.75. The van der Waals surface area contributed by atoms with Gasteiger partial charge in [-0.2, -0.15) is 0 Å². The van der Waals surface area contributed by atoms with E-state index in [1.807, 2.05) is 13.8 Å². The van der Waals surface area contributed by atoms with Crippen molar-refractivity contribution >= 4 is 51.7 Å². The molecule has 0 aliphatic carbocycles. The van der Waals surface area contributed by atoms with E-state index in [0.717, 1.165) is 11.9 Å². The predicted molar refractivity (Wildman–Crippen MR) is 87.3 cm³/mol. The molecular weight excluding hydrogens is 333 g/mol. The summed E-state index contributed by atoms with van der Waals surface area (Å²) in [5.74, 6) is 0.539. The van der Waals surface area contributed by atoms with E-state index in [4.69, 9.17) is 34.8 Å². The maximum Gasteiger partial charge on any atom is 0.240 e. The largest absolute Gasteiger partial charge is 0.355 e. The van der Waals surface area contributed by atoms with E-state index in [0.29, 0.717) is 27.9 Å². The molecule has 1 amide bonds. The molecule has 1 unspecified atom stereocenters. The lowest BCUT2D eigenvalue weighted by molar-refractivity contribution is -0.121. The van der Waals surface area contributed by atoms with Crippen molar-refractivity contribution in [3.63, 3.8) is 0 Å². The first kappa shape index (κ1) is 16.4. The number of rotatable bonds is 5. The van der Waals surface area contributed by atoms with Gasteiger partial charge in [0.15, 0.2) is 0 Å². The molecule has 1 heterocycles. The van der Waals surface area contributed by atoms with Crippen LogP contribution in [0.3, 0.4) is 0 Å². The third-order valence-corrected chi connectivity index (χ3v) is 3.97. The highest BCUT2D eigenvalue weighted by atomic mass is 35.5. The van der Waals surface area contributed by atoms with Crippen LogP contribution < -0.4 is 5.32 Å². The molecule has 21 heavy (non-hydrogen) atoms. The van der Waals surface area contributed by atoms with E-state index in [1.165, 1.54) is 0 Å². The Balaban J connectivity index is 2.45. The highest BCUT2D eigenvalue weighted by Crippen LogP contribution is 2.31. The number of aromatic nitrogens is 2. The first-order chi connectivity index (χ1) is 9.93. The molecule has 0 spiro atoms. The maximum atomic E-state index is 12.0. The zero-order chi connectivity index (χ0) is 15.6. The lowest BCUT2D eigenvalue weighted by atomic mass is 10.3. The lowest BCUT2D eigenvalue weighted by Gasteiger charge is -2.10. The summed E-state index contributed by atoms with van der Waals surface area (Å²) in [6.07, 6.45) is 0.886. The van der Waals surface area contributed by atoms with E-state index in [-0.39, 0.29) is 17.8 Å². The van der Waals surface area contributed by atoms with Gasteiger partial charge in [0.25, 0.3) is 0 Å². The number of nitrogens with one attached hydrogen (secondary N) is 1. The molecule has 7 heteroatoms. The number of benzene rings is 1. The average molecular weight is 349 g/mol. The maximum absolute atomic E-state index is 12.0. The van der Waals surface area contributed by atoms with Crippen LogP contribution in [0.1, 0.15) is 31.5 Å². The molecule has 0 bridgehead atoms. The quantitative estimate of drug-likeness (QED) is 0.824. The Kier molecular flexibility index (Phi) is 5.36. The predicted octanol–water partition coefficient (Wildman–Crippen LogP) is 4.17. The fourth-order valence-corrected chi connectivity index (χ4v) is 2.55. The third-order valence-electron chi connectivity index (χ3n) is 3.05. The Morgan fingerprint density at radius 3 is 2.67 bits per heavy atom. The summed E-state index contributed by atoms with van der Waals surface area (Å²) in [5, 5.41) is 3.37. The molecule has 1 N–H and O–H groups in total. The van der Waals surface area contributed by atoms with E-state index < -0.39 is 0 Å². The SMILES string of the molecule is CCCNC(=O)Cn1c(C(C)Cl)nc2cc(Cl)c(Cl)cc21. The van der Waals surface area contributed by atoms with Gasteiger partial charge in [-0.25, -0.2) is 4.98 Å². The minimum atomic E-state index is -0.325. The van der Waals surface area contributed by atoms with Gasteiger partial charge < -0.3 is 9.88 Å². The number of amides is 1. The molecule has 0 aliphatic heterocycles. The van der Waals surface area contributed by atoms with Crippen LogP contribution >= 0.6 is 34.8 Å². The highest BCUT2D eigenvalue weighted by Gasteiger charge is 2.18. The van der Waals surface area contributed by atoms with Crippen molar-refractivity contribution in [1.82, 2.24) is 14.9 Å². The number of hydrogen-bond donors (Lipinski definition) is 1. The third kappa shape index (κ3) is 3.62.